The minimum atomic E-state index is 0. The molecule has 0 radical (unpaired) electrons. The van der Waals surface area contributed by atoms with E-state index in [1.54, 1.807) is 11.3 Å². The molecular formula is C17H34IN5S. The van der Waals surface area contributed by atoms with Crippen LogP contribution >= 0.6 is 35.3 Å². The number of aryl methyl sites for hydroxylation is 1. The average Bonchev–Trinajstić information content (AvgIpc) is 2.89. The summed E-state index contributed by atoms with van der Waals surface area (Å²) in [4.78, 5) is 12.7. The van der Waals surface area contributed by atoms with E-state index in [1.807, 2.05) is 6.20 Å². The van der Waals surface area contributed by atoms with Crippen LogP contribution in [0.2, 0.25) is 0 Å². The zero-order valence-corrected chi connectivity index (χ0v) is 19.1. The SMILES string of the molecule is CCNC(=NCc1ncc(C)s1)NCCCN(C(C)C)C(C)C.I. The standard InChI is InChI=1S/C17H33N5S.HI/c1-7-18-17(21-12-16-20-11-15(6)23-16)19-9-8-10-22(13(2)3)14(4)5;/h11,13-14H,7-10,12H2,1-6H3,(H2,18,19,21);1H. The molecule has 24 heavy (non-hydrogen) atoms. The molecule has 0 aromatic carbocycles. The molecule has 0 fully saturated rings. The molecule has 0 aliphatic rings. The van der Waals surface area contributed by atoms with Crippen molar-refractivity contribution in [1.29, 1.82) is 0 Å². The monoisotopic (exact) mass is 467 g/mol. The predicted octanol–water partition coefficient (Wildman–Crippen LogP) is 3.63. The first-order chi connectivity index (χ1) is 10.9. The molecule has 2 N–H and O–H groups in total. The van der Waals surface area contributed by atoms with Crippen LogP contribution in [0, 0.1) is 6.92 Å². The molecule has 1 heterocycles. The fourth-order valence-corrected chi connectivity index (χ4v) is 3.26. The first-order valence-electron chi connectivity index (χ1n) is 8.63. The number of halogens is 1. The van der Waals surface area contributed by atoms with Gasteiger partial charge < -0.3 is 10.6 Å². The van der Waals surface area contributed by atoms with Gasteiger partial charge in [0.25, 0.3) is 0 Å². The van der Waals surface area contributed by atoms with Gasteiger partial charge in [-0.05, 0) is 48.0 Å². The molecule has 0 atom stereocenters. The highest BCUT2D eigenvalue weighted by Gasteiger charge is 2.12. The lowest BCUT2D eigenvalue weighted by Gasteiger charge is -2.30. The van der Waals surface area contributed by atoms with Crippen LogP contribution < -0.4 is 10.6 Å². The maximum atomic E-state index is 4.61. The molecule has 1 aromatic heterocycles. The Morgan fingerprint density at radius 2 is 1.92 bits per heavy atom. The summed E-state index contributed by atoms with van der Waals surface area (Å²) in [5.74, 6) is 0.876. The van der Waals surface area contributed by atoms with E-state index in [4.69, 9.17) is 0 Å². The molecule has 0 aliphatic carbocycles. The Balaban J connectivity index is 0.00000529. The lowest BCUT2D eigenvalue weighted by Crippen LogP contribution is -2.41. The van der Waals surface area contributed by atoms with E-state index in [-0.39, 0.29) is 24.0 Å². The molecule has 7 heteroatoms. The molecule has 0 amide bonds. The molecule has 140 valence electrons. The van der Waals surface area contributed by atoms with Gasteiger partial charge in [-0.25, -0.2) is 9.98 Å². The highest BCUT2D eigenvalue weighted by molar-refractivity contribution is 14.0. The summed E-state index contributed by atoms with van der Waals surface area (Å²) in [5.41, 5.74) is 0. The Bertz CT molecular complexity index is 465. The second-order valence-electron chi connectivity index (χ2n) is 6.27. The molecule has 0 saturated carbocycles. The number of aromatic nitrogens is 1. The second-order valence-corrected chi connectivity index (χ2v) is 7.58. The molecule has 0 bridgehead atoms. The number of guanidine groups is 1. The number of aliphatic imine (C=N–C) groups is 1. The first-order valence-corrected chi connectivity index (χ1v) is 9.44. The fraction of sp³-hybridized carbons (Fsp3) is 0.765. The summed E-state index contributed by atoms with van der Waals surface area (Å²) in [7, 11) is 0. The highest BCUT2D eigenvalue weighted by Crippen LogP contribution is 2.11. The van der Waals surface area contributed by atoms with Crippen LogP contribution in [0.25, 0.3) is 0 Å². The van der Waals surface area contributed by atoms with Crippen LogP contribution in [0.3, 0.4) is 0 Å². The van der Waals surface area contributed by atoms with Crippen molar-refractivity contribution in [2.24, 2.45) is 4.99 Å². The van der Waals surface area contributed by atoms with Gasteiger partial charge in [0.1, 0.15) is 5.01 Å². The van der Waals surface area contributed by atoms with Gasteiger partial charge in [0, 0.05) is 42.8 Å². The van der Waals surface area contributed by atoms with Crippen molar-refractivity contribution in [1.82, 2.24) is 20.5 Å². The largest absolute Gasteiger partial charge is 0.357 e. The van der Waals surface area contributed by atoms with Crippen molar-refractivity contribution in [2.75, 3.05) is 19.6 Å². The van der Waals surface area contributed by atoms with Gasteiger partial charge in [-0.2, -0.15) is 0 Å². The van der Waals surface area contributed by atoms with Crippen LogP contribution in [0.1, 0.15) is 50.9 Å². The van der Waals surface area contributed by atoms with Crippen molar-refractivity contribution in [3.63, 3.8) is 0 Å². The molecular weight excluding hydrogens is 433 g/mol. The van der Waals surface area contributed by atoms with Crippen LogP contribution in [0.15, 0.2) is 11.2 Å². The first kappa shape index (κ1) is 23.6. The van der Waals surface area contributed by atoms with Crippen LogP contribution in [0.5, 0.6) is 0 Å². The molecule has 1 rings (SSSR count). The van der Waals surface area contributed by atoms with Crippen molar-refractivity contribution in [3.8, 4) is 0 Å². The minimum Gasteiger partial charge on any atom is -0.357 e. The quantitative estimate of drug-likeness (QED) is 0.252. The zero-order chi connectivity index (χ0) is 17.2. The number of hydrogen-bond acceptors (Lipinski definition) is 4. The number of nitrogens with one attached hydrogen (secondary N) is 2. The van der Waals surface area contributed by atoms with Gasteiger partial charge in [0.15, 0.2) is 5.96 Å². The maximum absolute atomic E-state index is 4.61. The van der Waals surface area contributed by atoms with Crippen LogP contribution in [-0.2, 0) is 6.54 Å². The number of hydrogen-bond donors (Lipinski definition) is 2. The molecule has 0 unspecified atom stereocenters. The lowest BCUT2D eigenvalue weighted by molar-refractivity contribution is 0.173. The molecule has 0 saturated heterocycles. The zero-order valence-electron chi connectivity index (χ0n) is 15.9. The predicted molar refractivity (Wildman–Crippen MR) is 117 cm³/mol. The maximum Gasteiger partial charge on any atom is 0.191 e. The summed E-state index contributed by atoms with van der Waals surface area (Å²) in [6, 6.07) is 1.18. The summed E-state index contributed by atoms with van der Waals surface area (Å²) in [5, 5.41) is 7.78. The molecule has 1 aromatic rings. The number of nitrogens with zero attached hydrogens (tertiary/aromatic N) is 3. The van der Waals surface area contributed by atoms with Crippen LogP contribution in [-0.4, -0.2) is 47.6 Å². The Hall–Kier alpha value is -0.410. The Morgan fingerprint density at radius 3 is 2.42 bits per heavy atom. The molecule has 0 aliphatic heterocycles. The normalized spacial score (nSPS) is 12.0. The highest BCUT2D eigenvalue weighted by atomic mass is 127. The van der Waals surface area contributed by atoms with Gasteiger partial charge in [0.2, 0.25) is 0 Å². The topological polar surface area (TPSA) is 52.6 Å². The van der Waals surface area contributed by atoms with Gasteiger partial charge in [0.05, 0.1) is 6.54 Å². The van der Waals surface area contributed by atoms with Crippen LogP contribution in [0.4, 0.5) is 0 Å². The summed E-state index contributed by atoms with van der Waals surface area (Å²) in [6.45, 7) is 16.7. The lowest BCUT2D eigenvalue weighted by atomic mass is 10.2. The molecule has 0 spiro atoms. The third-order valence-corrected chi connectivity index (χ3v) is 4.50. The Labute approximate surface area is 168 Å². The van der Waals surface area contributed by atoms with Gasteiger partial charge >= 0.3 is 0 Å². The van der Waals surface area contributed by atoms with Crippen molar-refractivity contribution in [2.45, 2.75) is 66.6 Å². The third-order valence-electron chi connectivity index (χ3n) is 3.60. The van der Waals surface area contributed by atoms with E-state index in [1.165, 1.54) is 4.88 Å². The van der Waals surface area contributed by atoms with E-state index in [9.17, 15) is 0 Å². The van der Waals surface area contributed by atoms with Gasteiger partial charge in [-0.15, -0.1) is 35.3 Å². The Kier molecular flexibility index (Phi) is 12.7. The smallest absolute Gasteiger partial charge is 0.191 e. The fourth-order valence-electron chi connectivity index (χ4n) is 2.54. The van der Waals surface area contributed by atoms with E-state index in [0.29, 0.717) is 18.6 Å². The van der Waals surface area contributed by atoms with E-state index >= 15 is 0 Å². The summed E-state index contributed by atoms with van der Waals surface area (Å²) >= 11 is 1.71. The van der Waals surface area contributed by atoms with Gasteiger partial charge in [-0.3, -0.25) is 4.90 Å². The van der Waals surface area contributed by atoms with Crippen molar-refractivity contribution < 1.29 is 0 Å². The number of thiazole rings is 1. The van der Waals surface area contributed by atoms with E-state index in [2.05, 4.69) is 67.1 Å². The molecule has 5 nitrogen and oxygen atoms in total. The van der Waals surface area contributed by atoms with Gasteiger partial charge in [-0.1, -0.05) is 0 Å². The summed E-state index contributed by atoms with van der Waals surface area (Å²) in [6.07, 6.45) is 3.01. The van der Waals surface area contributed by atoms with E-state index in [0.717, 1.165) is 37.0 Å². The third kappa shape index (κ3) is 9.17. The average molecular weight is 467 g/mol. The second kappa shape index (κ2) is 12.9. The van der Waals surface area contributed by atoms with Crippen molar-refractivity contribution >= 4 is 41.3 Å². The minimum absolute atomic E-state index is 0. The van der Waals surface area contributed by atoms with Crippen molar-refractivity contribution in [3.05, 3.63) is 16.1 Å². The Morgan fingerprint density at radius 1 is 1.25 bits per heavy atom. The number of rotatable bonds is 9. The van der Waals surface area contributed by atoms with E-state index < -0.39 is 0 Å². The summed E-state index contributed by atoms with van der Waals surface area (Å²) < 4.78 is 0.